The molecule has 264 valence electrons. The third-order valence-electron chi connectivity index (χ3n) is 6.36. The highest BCUT2D eigenvalue weighted by atomic mass is 16.6. The lowest BCUT2D eigenvalue weighted by atomic mass is 9.98. The number of carboxylic acid groups (broad SMARTS) is 1. The summed E-state index contributed by atoms with van der Waals surface area (Å²) < 4.78 is 20.6. The number of carbonyl (C=O) groups excluding carboxylic acids is 5. The summed E-state index contributed by atoms with van der Waals surface area (Å²) in [6.07, 6.45) is -1.37. The molecule has 0 aromatic heterocycles. The first-order chi connectivity index (χ1) is 21.0. The van der Waals surface area contributed by atoms with Gasteiger partial charge >= 0.3 is 30.3 Å². The summed E-state index contributed by atoms with van der Waals surface area (Å²) in [5, 5.41) is 14.6. The Hall–Kier alpha value is -3.98. The zero-order valence-corrected chi connectivity index (χ0v) is 28.7. The molecule has 2 rings (SSSR count). The maximum Gasteiger partial charge on any atom is 0.411 e. The minimum absolute atomic E-state index is 0.0685. The van der Waals surface area contributed by atoms with Crippen molar-refractivity contribution in [3.63, 3.8) is 0 Å². The van der Waals surface area contributed by atoms with Crippen molar-refractivity contribution in [1.29, 1.82) is 0 Å². The van der Waals surface area contributed by atoms with Crippen molar-refractivity contribution in [3.8, 4) is 0 Å². The SMILES string of the molecule is CC(C)OC(=O)NC1CCC(C(=O)O)N(C(=O)OC(C)(C)C)C1.CC(C)OC(=O)NC1CCC(C(N)=O)N(C(=O)OC(C)(C)C)C1. The fourth-order valence-corrected chi connectivity index (χ4v) is 4.60. The number of likely N-dealkylation sites (tertiary alicyclic amines) is 2. The second kappa shape index (κ2) is 17.1. The monoisotopic (exact) mass is 659 g/mol. The zero-order valence-electron chi connectivity index (χ0n) is 28.7. The molecular formula is C30H53N5O11. The van der Waals surface area contributed by atoms with Gasteiger partial charge in [-0.2, -0.15) is 0 Å². The molecule has 2 aliphatic rings. The third-order valence-corrected chi connectivity index (χ3v) is 6.36. The highest BCUT2D eigenvalue weighted by Gasteiger charge is 2.39. The third kappa shape index (κ3) is 14.9. The van der Waals surface area contributed by atoms with Crippen molar-refractivity contribution in [2.45, 2.75) is 142 Å². The lowest BCUT2D eigenvalue weighted by molar-refractivity contribution is -0.144. The molecular weight excluding hydrogens is 606 g/mol. The van der Waals surface area contributed by atoms with Crippen LogP contribution in [0.2, 0.25) is 0 Å². The van der Waals surface area contributed by atoms with Crippen LogP contribution in [0.1, 0.15) is 94.9 Å². The van der Waals surface area contributed by atoms with Gasteiger partial charge in [0.2, 0.25) is 5.91 Å². The minimum Gasteiger partial charge on any atom is -0.480 e. The number of amides is 5. The molecule has 0 aromatic rings. The quantitative estimate of drug-likeness (QED) is 0.303. The molecule has 4 atom stereocenters. The second-order valence-electron chi connectivity index (χ2n) is 13.8. The van der Waals surface area contributed by atoms with Crippen LogP contribution in [0.5, 0.6) is 0 Å². The molecule has 0 radical (unpaired) electrons. The number of primary amides is 1. The average molecular weight is 660 g/mol. The van der Waals surface area contributed by atoms with Crippen LogP contribution < -0.4 is 16.4 Å². The van der Waals surface area contributed by atoms with E-state index in [1.54, 1.807) is 69.2 Å². The Bertz CT molecular complexity index is 1000. The number of aliphatic carboxylic acids is 1. The fraction of sp³-hybridized carbons (Fsp3) is 0.800. The van der Waals surface area contributed by atoms with Crippen LogP contribution >= 0.6 is 0 Å². The first kappa shape index (κ1) is 40.0. The van der Waals surface area contributed by atoms with Crippen molar-refractivity contribution in [2.24, 2.45) is 5.73 Å². The topological polar surface area (TPSA) is 216 Å². The van der Waals surface area contributed by atoms with Gasteiger partial charge in [-0.25, -0.2) is 24.0 Å². The molecule has 0 aromatic carbocycles. The van der Waals surface area contributed by atoms with Crippen molar-refractivity contribution < 1.29 is 52.8 Å². The van der Waals surface area contributed by atoms with Gasteiger partial charge < -0.3 is 40.4 Å². The van der Waals surface area contributed by atoms with Crippen LogP contribution in [0.4, 0.5) is 19.2 Å². The summed E-state index contributed by atoms with van der Waals surface area (Å²) in [7, 11) is 0. The summed E-state index contributed by atoms with van der Waals surface area (Å²) in [4.78, 5) is 73.2. The Kier molecular flexibility index (Phi) is 14.9. The molecule has 16 nitrogen and oxygen atoms in total. The van der Waals surface area contributed by atoms with E-state index in [1.807, 2.05) is 0 Å². The molecule has 2 fully saturated rings. The Balaban J connectivity index is 0.000000460. The van der Waals surface area contributed by atoms with E-state index in [4.69, 9.17) is 24.7 Å². The number of ether oxygens (including phenoxy) is 4. The molecule has 46 heavy (non-hydrogen) atoms. The second-order valence-corrected chi connectivity index (χ2v) is 13.8. The molecule has 0 saturated carbocycles. The van der Waals surface area contributed by atoms with Crippen LogP contribution in [-0.4, -0.2) is 112 Å². The number of alkyl carbamates (subject to hydrolysis) is 2. The van der Waals surface area contributed by atoms with E-state index in [0.717, 1.165) is 4.90 Å². The van der Waals surface area contributed by atoms with Gasteiger partial charge in [-0.15, -0.1) is 0 Å². The van der Waals surface area contributed by atoms with Gasteiger partial charge in [0.15, 0.2) is 0 Å². The first-order valence-corrected chi connectivity index (χ1v) is 15.4. The zero-order chi connectivity index (χ0) is 35.6. The molecule has 5 N–H and O–H groups in total. The van der Waals surface area contributed by atoms with Gasteiger partial charge in [0.25, 0.3) is 0 Å². The molecule has 4 unspecified atom stereocenters. The normalized spacial score (nSPS) is 21.7. The van der Waals surface area contributed by atoms with Crippen LogP contribution in [-0.2, 0) is 28.5 Å². The number of hydrogen-bond acceptors (Lipinski definition) is 10. The van der Waals surface area contributed by atoms with Gasteiger partial charge in [-0.1, -0.05) is 0 Å². The predicted octanol–water partition coefficient (Wildman–Crippen LogP) is 3.35. The highest BCUT2D eigenvalue weighted by Crippen LogP contribution is 2.22. The number of rotatable bonds is 6. The number of nitrogens with one attached hydrogen (secondary N) is 2. The number of nitrogens with zero attached hydrogens (tertiary/aromatic N) is 2. The van der Waals surface area contributed by atoms with E-state index in [9.17, 15) is 33.9 Å². The molecule has 5 amide bonds. The van der Waals surface area contributed by atoms with Crippen LogP contribution in [0.15, 0.2) is 0 Å². The first-order valence-electron chi connectivity index (χ1n) is 15.4. The highest BCUT2D eigenvalue weighted by molar-refractivity contribution is 5.85. The average Bonchev–Trinajstić information content (AvgIpc) is 2.85. The minimum atomic E-state index is -1.08. The molecule has 2 saturated heterocycles. The van der Waals surface area contributed by atoms with Crippen molar-refractivity contribution in [2.75, 3.05) is 13.1 Å². The lowest BCUT2D eigenvalue weighted by Crippen LogP contribution is -2.58. The molecule has 0 bridgehead atoms. The maximum absolute atomic E-state index is 12.3. The number of hydrogen-bond donors (Lipinski definition) is 4. The number of nitrogens with two attached hydrogens (primary N) is 1. The smallest absolute Gasteiger partial charge is 0.411 e. The van der Waals surface area contributed by atoms with E-state index in [2.05, 4.69) is 10.6 Å². The molecule has 16 heteroatoms. The van der Waals surface area contributed by atoms with Gasteiger partial charge in [0, 0.05) is 13.1 Å². The summed E-state index contributed by atoms with van der Waals surface area (Å²) >= 11 is 0. The van der Waals surface area contributed by atoms with Gasteiger partial charge in [0.05, 0.1) is 24.3 Å². The van der Waals surface area contributed by atoms with Gasteiger partial charge in [0.1, 0.15) is 23.3 Å². The van der Waals surface area contributed by atoms with E-state index in [1.165, 1.54) is 4.90 Å². The Morgan fingerprint density at radius 1 is 0.674 bits per heavy atom. The summed E-state index contributed by atoms with van der Waals surface area (Å²) in [5.41, 5.74) is 3.96. The van der Waals surface area contributed by atoms with Crippen molar-refractivity contribution in [1.82, 2.24) is 20.4 Å². The summed E-state index contributed by atoms with van der Waals surface area (Å²) in [5.74, 6) is -1.67. The van der Waals surface area contributed by atoms with Crippen LogP contribution in [0, 0.1) is 0 Å². The largest absolute Gasteiger partial charge is 0.480 e. The Labute approximate surface area is 270 Å². The van der Waals surface area contributed by atoms with Crippen molar-refractivity contribution >= 4 is 36.2 Å². The fourth-order valence-electron chi connectivity index (χ4n) is 4.60. The van der Waals surface area contributed by atoms with E-state index in [0.29, 0.717) is 19.3 Å². The van der Waals surface area contributed by atoms with E-state index in [-0.39, 0.29) is 43.8 Å². The predicted molar refractivity (Wildman–Crippen MR) is 166 cm³/mol. The lowest BCUT2D eigenvalue weighted by Gasteiger charge is -2.38. The standard InChI is InChI=1S/C15H27N3O5.C15H26N2O6/c1-9(2)22-13(20)17-10-6-7-11(12(16)19)18(8-10)14(21)23-15(3,4)5;1-9(2)22-13(20)16-10-6-7-11(12(18)19)17(8-10)14(21)23-15(3,4)5/h9-11H,6-8H2,1-5H3,(H2,16,19)(H,17,20);9-11H,6-8H2,1-5H3,(H,16,20)(H,18,19). The molecule has 2 heterocycles. The number of carbonyl (C=O) groups is 6. The molecule has 0 aliphatic carbocycles. The van der Waals surface area contributed by atoms with Crippen LogP contribution in [0.3, 0.4) is 0 Å². The van der Waals surface area contributed by atoms with Gasteiger partial charge in [-0.3, -0.25) is 14.6 Å². The van der Waals surface area contributed by atoms with E-state index < -0.39 is 59.5 Å². The number of carboxylic acids is 1. The van der Waals surface area contributed by atoms with Crippen molar-refractivity contribution in [3.05, 3.63) is 0 Å². The van der Waals surface area contributed by atoms with Crippen LogP contribution in [0.25, 0.3) is 0 Å². The maximum atomic E-state index is 12.3. The van der Waals surface area contributed by atoms with E-state index >= 15 is 0 Å². The summed E-state index contributed by atoms with van der Waals surface area (Å²) in [6, 6.07) is -2.37. The molecule has 2 aliphatic heterocycles. The summed E-state index contributed by atoms with van der Waals surface area (Å²) in [6.45, 7) is 17.5. The van der Waals surface area contributed by atoms with Gasteiger partial charge in [-0.05, 0) is 94.9 Å². The molecule has 0 spiro atoms. The Morgan fingerprint density at radius 3 is 1.33 bits per heavy atom. The number of piperidine rings is 2. The Morgan fingerprint density at radius 2 is 1.02 bits per heavy atom.